The molecule has 2 rings (SSSR count). The zero-order chi connectivity index (χ0) is 15.8. The minimum Gasteiger partial charge on any atom is -0.469 e. The summed E-state index contributed by atoms with van der Waals surface area (Å²) in [5, 5.41) is 0.761. The summed E-state index contributed by atoms with van der Waals surface area (Å²) in [6.45, 7) is 0. The predicted octanol–water partition coefficient (Wildman–Crippen LogP) is 6.40. The van der Waals surface area contributed by atoms with E-state index in [1.54, 1.807) is 22.7 Å². The molecule has 0 aromatic carbocycles. The molecule has 0 bridgehead atoms. The summed E-state index contributed by atoms with van der Waals surface area (Å²) in [6, 6.07) is 0. The molecule has 7 heteroatoms. The Morgan fingerprint density at radius 3 is 2.59 bits per heavy atom. The lowest BCUT2D eigenvalue weighted by molar-refractivity contribution is -0.140. The van der Waals surface area contributed by atoms with E-state index < -0.39 is 0 Å². The fourth-order valence-corrected chi connectivity index (χ4v) is 9.10. The molecule has 0 amide bonds. The van der Waals surface area contributed by atoms with Crippen LogP contribution in [0.2, 0.25) is 0 Å². The smallest absolute Gasteiger partial charge is 0.305 e. The summed E-state index contributed by atoms with van der Waals surface area (Å²) in [5.41, 5.74) is 0. The Balaban J connectivity index is 1.49. The van der Waals surface area contributed by atoms with Crippen molar-refractivity contribution in [3.63, 3.8) is 0 Å². The van der Waals surface area contributed by atoms with E-state index >= 15 is 0 Å². The highest BCUT2D eigenvalue weighted by Gasteiger charge is 2.21. The van der Waals surface area contributed by atoms with Crippen molar-refractivity contribution in [3.05, 3.63) is 3.14 Å². The molecule has 0 saturated carbocycles. The predicted molar refractivity (Wildman–Crippen MR) is 102 cm³/mol. The Bertz CT molecular complexity index is 522. The van der Waals surface area contributed by atoms with Crippen molar-refractivity contribution in [1.29, 1.82) is 0 Å². The van der Waals surface area contributed by atoms with Gasteiger partial charge in [0.15, 0.2) is 0 Å². The van der Waals surface area contributed by atoms with Crippen LogP contribution in [0, 0.1) is 3.14 Å². The van der Waals surface area contributed by atoms with Crippen LogP contribution in [0.4, 0.5) is 0 Å². The maximum atomic E-state index is 11.0. The fourth-order valence-electron chi connectivity index (χ4n) is 2.36. The number of unbranched alkanes of at least 4 members (excludes halogenated alkanes) is 5. The van der Waals surface area contributed by atoms with E-state index in [0.29, 0.717) is 6.42 Å². The van der Waals surface area contributed by atoms with Crippen LogP contribution in [-0.4, -0.2) is 24.1 Å². The molecule has 0 unspecified atom stereocenters. The van der Waals surface area contributed by atoms with E-state index in [9.17, 15) is 4.79 Å². The van der Waals surface area contributed by atoms with Crippen molar-refractivity contribution in [1.82, 2.24) is 0 Å². The third kappa shape index (κ3) is 6.51. The van der Waals surface area contributed by atoms with Crippen LogP contribution in [0.3, 0.4) is 0 Å². The number of carbonyl (C=O) groups is 1. The van der Waals surface area contributed by atoms with Crippen LogP contribution in [0.1, 0.15) is 51.4 Å². The van der Waals surface area contributed by atoms with Gasteiger partial charge in [-0.1, -0.05) is 44.3 Å². The minimum atomic E-state index is -0.0806. The van der Waals surface area contributed by atoms with Crippen molar-refractivity contribution in [2.24, 2.45) is 0 Å². The molecule has 22 heavy (non-hydrogen) atoms. The largest absolute Gasteiger partial charge is 0.469 e. The van der Waals surface area contributed by atoms with Crippen molar-refractivity contribution in [2.75, 3.05) is 12.9 Å². The maximum Gasteiger partial charge on any atom is 0.305 e. The SMILES string of the molecule is COC(=O)CCCCCCCC[C@@H]1CSc2sc(=S)sc2S1. The number of rotatable bonds is 9. The molecule has 0 N–H and O–H groups in total. The van der Waals surface area contributed by atoms with Crippen molar-refractivity contribution in [2.45, 2.75) is 65.0 Å². The summed E-state index contributed by atoms with van der Waals surface area (Å²) in [5.74, 6) is 1.15. The topological polar surface area (TPSA) is 26.3 Å². The molecule has 124 valence electrons. The lowest BCUT2D eigenvalue weighted by atomic mass is 10.1. The van der Waals surface area contributed by atoms with Gasteiger partial charge in [-0.2, -0.15) is 0 Å². The first-order chi connectivity index (χ1) is 10.7. The van der Waals surface area contributed by atoms with Gasteiger partial charge in [0.2, 0.25) is 0 Å². The maximum absolute atomic E-state index is 11.0. The third-order valence-electron chi connectivity index (χ3n) is 3.58. The number of ether oxygens (including phenoxy) is 1. The summed E-state index contributed by atoms with van der Waals surface area (Å²) >= 11 is 12.9. The van der Waals surface area contributed by atoms with Crippen LogP contribution in [0.15, 0.2) is 8.42 Å². The molecule has 1 aromatic heterocycles. The van der Waals surface area contributed by atoms with Crippen LogP contribution in [0.5, 0.6) is 0 Å². The second kappa shape index (κ2) is 10.3. The second-order valence-corrected chi connectivity index (χ2v) is 11.4. The van der Waals surface area contributed by atoms with E-state index in [1.807, 2.05) is 23.5 Å². The van der Waals surface area contributed by atoms with E-state index in [2.05, 4.69) is 4.74 Å². The Morgan fingerprint density at radius 1 is 1.14 bits per heavy atom. The zero-order valence-corrected chi connectivity index (χ0v) is 16.9. The van der Waals surface area contributed by atoms with E-state index in [1.165, 1.54) is 53.4 Å². The lowest BCUT2D eigenvalue weighted by Crippen LogP contribution is -2.08. The average molecular weight is 395 g/mol. The number of hydrogen-bond donors (Lipinski definition) is 0. The quantitative estimate of drug-likeness (QED) is 0.274. The molecule has 0 radical (unpaired) electrons. The van der Waals surface area contributed by atoms with Gasteiger partial charge in [0.05, 0.1) is 15.5 Å². The van der Waals surface area contributed by atoms with Gasteiger partial charge in [-0.05, 0) is 12.8 Å². The van der Waals surface area contributed by atoms with E-state index in [4.69, 9.17) is 12.2 Å². The van der Waals surface area contributed by atoms with Gasteiger partial charge in [-0.3, -0.25) is 4.79 Å². The molecule has 0 spiro atoms. The summed E-state index contributed by atoms with van der Waals surface area (Å²) in [7, 11) is 1.46. The minimum absolute atomic E-state index is 0.0806. The van der Waals surface area contributed by atoms with E-state index in [-0.39, 0.29) is 5.97 Å². The van der Waals surface area contributed by atoms with Gasteiger partial charge in [0, 0.05) is 17.4 Å². The van der Waals surface area contributed by atoms with Gasteiger partial charge < -0.3 is 4.74 Å². The number of esters is 1. The molecule has 2 heterocycles. The first kappa shape index (κ1) is 18.8. The van der Waals surface area contributed by atoms with Gasteiger partial charge in [-0.15, -0.1) is 46.2 Å². The summed E-state index contributed by atoms with van der Waals surface area (Å²) < 4.78 is 8.61. The van der Waals surface area contributed by atoms with Gasteiger partial charge >= 0.3 is 5.97 Å². The number of carbonyl (C=O) groups excluding carboxylic acids is 1. The Morgan fingerprint density at radius 2 is 1.82 bits per heavy atom. The Kier molecular flexibility index (Phi) is 8.82. The van der Waals surface area contributed by atoms with Crippen LogP contribution < -0.4 is 0 Å². The van der Waals surface area contributed by atoms with Crippen LogP contribution in [-0.2, 0) is 9.53 Å². The van der Waals surface area contributed by atoms with Gasteiger partial charge in [0.25, 0.3) is 0 Å². The Hall–Kier alpha value is 0.440. The molecule has 1 aliphatic heterocycles. The monoisotopic (exact) mass is 394 g/mol. The highest BCUT2D eigenvalue weighted by Crippen LogP contribution is 2.48. The number of fused-ring (bicyclic) bond motifs is 1. The zero-order valence-electron chi connectivity index (χ0n) is 12.8. The molecule has 0 aliphatic carbocycles. The first-order valence-corrected chi connectivity index (χ1v) is 11.6. The summed E-state index contributed by atoms with van der Waals surface area (Å²) in [6.07, 6.45) is 9.15. The lowest BCUT2D eigenvalue weighted by Gasteiger charge is -2.20. The second-order valence-electron chi connectivity index (χ2n) is 5.32. The number of thioether (sulfide) groups is 2. The van der Waals surface area contributed by atoms with Crippen molar-refractivity contribution in [3.8, 4) is 0 Å². The average Bonchev–Trinajstić information content (AvgIpc) is 2.88. The molecule has 0 fully saturated rings. The van der Waals surface area contributed by atoms with Crippen LogP contribution in [0.25, 0.3) is 0 Å². The van der Waals surface area contributed by atoms with Crippen LogP contribution >= 0.6 is 58.4 Å². The van der Waals surface area contributed by atoms with E-state index in [0.717, 1.165) is 21.2 Å². The van der Waals surface area contributed by atoms with Gasteiger partial charge in [-0.25, -0.2) is 0 Å². The Labute approximate surface area is 154 Å². The fraction of sp³-hybridized carbons (Fsp3) is 0.733. The summed E-state index contributed by atoms with van der Waals surface area (Å²) in [4.78, 5) is 11.0. The highest BCUT2D eigenvalue weighted by molar-refractivity contribution is 8.08. The highest BCUT2D eigenvalue weighted by atomic mass is 32.2. The first-order valence-electron chi connectivity index (χ1n) is 7.69. The molecule has 0 saturated heterocycles. The normalized spacial score (nSPS) is 17.2. The molecular formula is C15H22O2S5. The molecular weight excluding hydrogens is 372 g/mol. The van der Waals surface area contributed by atoms with Crippen molar-refractivity contribution < 1.29 is 9.53 Å². The van der Waals surface area contributed by atoms with Crippen molar-refractivity contribution >= 4 is 64.4 Å². The standard InChI is InChI=1S/C15H22O2S5/c1-17-12(16)9-7-5-3-2-4-6-8-11-10-19-13-14(20-11)22-15(18)21-13/h11H,2-10H2,1H3/t11-/m1/s1. The van der Waals surface area contributed by atoms with Gasteiger partial charge in [0.1, 0.15) is 3.14 Å². The number of hydrogen-bond acceptors (Lipinski definition) is 7. The number of methoxy groups -OCH3 is 1. The molecule has 1 aliphatic rings. The molecule has 1 atom stereocenters. The molecule has 2 nitrogen and oxygen atoms in total. The molecule has 1 aromatic rings. The third-order valence-corrected chi connectivity index (χ3v) is 9.75.